The second-order valence-electron chi connectivity index (χ2n) is 3.40. The highest BCUT2D eigenvalue weighted by Gasteiger charge is 2.29. The molecule has 1 rings (SSSR count). The van der Waals surface area contributed by atoms with E-state index in [2.05, 4.69) is 4.99 Å². The maximum Gasteiger partial charge on any atom is 0.350 e. The van der Waals surface area contributed by atoms with E-state index in [1.54, 1.807) is 13.8 Å². The van der Waals surface area contributed by atoms with Crippen LogP contribution in [0.1, 0.15) is 27.7 Å². The van der Waals surface area contributed by atoms with Gasteiger partial charge in [-0.05, 0) is 27.7 Å². The summed E-state index contributed by atoms with van der Waals surface area (Å²) in [6.45, 7) is 7.50. The second-order valence-corrected chi connectivity index (χ2v) is 3.40. The number of nitrogens with zero attached hydrogens (tertiary/aromatic N) is 2. The maximum absolute atomic E-state index is 11.8. The van der Waals surface area contributed by atoms with E-state index < -0.39 is 6.03 Å². The van der Waals surface area contributed by atoms with Crippen LogP contribution in [0.3, 0.4) is 0 Å². The number of carbonyl (C=O) groups excluding carboxylic acids is 2. The predicted octanol–water partition coefficient (Wildman–Crippen LogP) is 1.77. The lowest BCUT2D eigenvalue weighted by atomic mass is 10.0. The van der Waals surface area contributed by atoms with Crippen LogP contribution in [0, 0.1) is 0 Å². The topological polar surface area (TPSA) is 49.7 Å². The first-order chi connectivity index (χ1) is 6.49. The van der Waals surface area contributed by atoms with Crippen LogP contribution < -0.4 is 0 Å². The number of urea groups is 1. The number of imide groups is 1. The van der Waals surface area contributed by atoms with Crippen LogP contribution in [0.4, 0.5) is 4.79 Å². The molecule has 0 aromatic carbocycles. The molecule has 1 aliphatic heterocycles. The highest BCUT2D eigenvalue weighted by Crippen LogP contribution is 2.16. The smallest absolute Gasteiger partial charge is 0.268 e. The van der Waals surface area contributed by atoms with Crippen LogP contribution in [0.2, 0.25) is 0 Å². The number of hydrogen-bond acceptors (Lipinski definition) is 2. The average molecular weight is 194 g/mol. The zero-order valence-corrected chi connectivity index (χ0v) is 8.92. The molecule has 0 N–H and O–H groups in total. The Kier molecular flexibility index (Phi) is 2.84. The normalized spacial score (nSPS) is 17.3. The van der Waals surface area contributed by atoms with E-state index in [1.807, 2.05) is 13.8 Å². The summed E-state index contributed by atoms with van der Waals surface area (Å²) < 4.78 is 0. The monoisotopic (exact) mass is 194 g/mol. The molecular formula is C10H14N2O2. The fraction of sp³-hybridized carbons (Fsp3) is 0.500. The van der Waals surface area contributed by atoms with Gasteiger partial charge < -0.3 is 0 Å². The molecule has 4 heteroatoms. The van der Waals surface area contributed by atoms with Gasteiger partial charge in [-0.1, -0.05) is 5.57 Å². The molecule has 3 amide bonds. The van der Waals surface area contributed by atoms with Gasteiger partial charge >= 0.3 is 6.03 Å². The van der Waals surface area contributed by atoms with Crippen molar-refractivity contribution in [3.8, 4) is 0 Å². The van der Waals surface area contributed by atoms with Crippen molar-refractivity contribution in [1.82, 2.24) is 4.90 Å². The van der Waals surface area contributed by atoms with Crippen LogP contribution in [0.5, 0.6) is 0 Å². The molecule has 4 nitrogen and oxygen atoms in total. The summed E-state index contributed by atoms with van der Waals surface area (Å²) in [6, 6.07) is -0.458. The summed E-state index contributed by atoms with van der Waals surface area (Å²) in [4.78, 5) is 28.1. The van der Waals surface area contributed by atoms with Crippen LogP contribution in [-0.4, -0.2) is 29.1 Å². The molecule has 1 aliphatic rings. The van der Waals surface area contributed by atoms with Crippen molar-refractivity contribution < 1.29 is 9.59 Å². The molecule has 0 aromatic heterocycles. The van der Waals surface area contributed by atoms with E-state index in [0.717, 1.165) is 10.5 Å². The molecule has 0 unspecified atom stereocenters. The lowest BCUT2D eigenvalue weighted by molar-refractivity contribution is -0.123. The number of allylic oxidation sites excluding steroid dienone is 1. The zero-order valence-electron chi connectivity index (χ0n) is 8.92. The summed E-state index contributed by atoms with van der Waals surface area (Å²) in [7, 11) is 0. The van der Waals surface area contributed by atoms with Gasteiger partial charge in [0.1, 0.15) is 0 Å². The SMILES string of the molecule is CCN1C(=O)N=C(C)C(=C(C)C)C1=O. The Balaban J connectivity index is 3.26. The standard InChI is InChI=1S/C10H14N2O2/c1-5-12-9(13)8(6(2)3)7(4)11-10(12)14/h5H2,1-4H3. The van der Waals surface area contributed by atoms with E-state index >= 15 is 0 Å². The maximum atomic E-state index is 11.8. The van der Waals surface area contributed by atoms with Crippen LogP contribution in [0.25, 0.3) is 0 Å². The fourth-order valence-corrected chi connectivity index (χ4v) is 1.49. The summed E-state index contributed by atoms with van der Waals surface area (Å²) in [5, 5.41) is 0. The van der Waals surface area contributed by atoms with E-state index in [4.69, 9.17) is 0 Å². The van der Waals surface area contributed by atoms with Crippen molar-refractivity contribution in [2.24, 2.45) is 4.99 Å². The first-order valence-corrected chi connectivity index (χ1v) is 4.58. The molecule has 0 saturated carbocycles. The predicted molar refractivity (Wildman–Crippen MR) is 54.3 cm³/mol. The molecule has 1 heterocycles. The summed E-state index contributed by atoms with van der Waals surface area (Å²) in [6.07, 6.45) is 0. The van der Waals surface area contributed by atoms with Gasteiger partial charge in [-0.15, -0.1) is 0 Å². The largest absolute Gasteiger partial charge is 0.350 e. The van der Waals surface area contributed by atoms with Gasteiger partial charge in [0.25, 0.3) is 5.91 Å². The summed E-state index contributed by atoms with van der Waals surface area (Å²) >= 11 is 0. The molecule has 0 spiro atoms. The Labute approximate surface area is 83.3 Å². The Hall–Kier alpha value is -1.45. The van der Waals surface area contributed by atoms with Gasteiger partial charge in [-0.2, -0.15) is 4.99 Å². The van der Waals surface area contributed by atoms with Gasteiger partial charge in [0.05, 0.1) is 11.3 Å². The lowest BCUT2D eigenvalue weighted by Gasteiger charge is -2.23. The zero-order chi connectivity index (χ0) is 10.9. The fourth-order valence-electron chi connectivity index (χ4n) is 1.49. The molecule has 0 atom stereocenters. The Morgan fingerprint density at radius 3 is 2.36 bits per heavy atom. The number of aliphatic imine (C=N–C) groups is 1. The molecule has 0 aliphatic carbocycles. The van der Waals surface area contributed by atoms with E-state index in [0.29, 0.717) is 17.8 Å². The van der Waals surface area contributed by atoms with Crippen LogP contribution in [0.15, 0.2) is 16.1 Å². The van der Waals surface area contributed by atoms with E-state index in [-0.39, 0.29) is 5.91 Å². The average Bonchev–Trinajstić information content (AvgIpc) is 2.02. The van der Waals surface area contributed by atoms with Crippen molar-refractivity contribution in [2.45, 2.75) is 27.7 Å². The third-order valence-corrected chi connectivity index (χ3v) is 2.13. The first kappa shape index (κ1) is 10.6. The van der Waals surface area contributed by atoms with Crippen molar-refractivity contribution in [3.63, 3.8) is 0 Å². The molecular weight excluding hydrogens is 180 g/mol. The minimum absolute atomic E-state index is 0.231. The molecule has 76 valence electrons. The van der Waals surface area contributed by atoms with Gasteiger partial charge in [0.15, 0.2) is 0 Å². The van der Waals surface area contributed by atoms with E-state index in [1.165, 1.54) is 0 Å². The van der Waals surface area contributed by atoms with Crippen molar-refractivity contribution >= 4 is 17.6 Å². The minimum atomic E-state index is -0.458. The summed E-state index contributed by atoms with van der Waals surface area (Å²) in [5.74, 6) is -0.231. The van der Waals surface area contributed by atoms with Gasteiger partial charge in [0, 0.05) is 6.54 Å². The first-order valence-electron chi connectivity index (χ1n) is 4.58. The molecule has 0 radical (unpaired) electrons. The van der Waals surface area contributed by atoms with Gasteiger partial charge in [0.2, 0.25) is 0 Å². The Morgan fingerprint density at radius 1 is 1.36 bits per heavy atom. The molecule has 0 aromatic rings. The molecule has 0 saturated heterocycles. The van der Waals surface area contributed by atoms with Gasteiger partial charge in [-0.3, -0.25) is 9.69 Å². The Bertz CT molecular complexity index is 349. The third-order valence-electron chi connectivity index (χ3n) is 2.13. The number of rotatable bonds is 1. The highest BCUT2D eigenvalue weighted by molar-refractivity contribution is 6.29. The van der Waals surface area contributed by atoms with Crippen molar-refractivity contribution in [3.05, 3.63) is 11.1 Å². The second kappa shape index (κ2) is 3.74. The van der Waals surface area contributed by atoms with Crippen molar-refractivity contribution in [1.29, 1.82) is 0 Å². The minimum Gasteiger partial charge on any atom is -0.268 e. The summed E-state index contributed by atoms with van der Waals surface area (Å²) in [5.41, 5.74) is 1.97. The Morgan fingerprint density at radius 2 is 1.93 bits per heavy atom. The number of hydrogen-bond donors (Lipinski definition) is 0. The molecule has 0 fully saturated rings. The third kappa shape index (κ3) is 1.60. The molecule has 0 bridgehead atoms. The highest BCUT2D eigenvalue weighted by atomic mass is 16.2. The molecule has 14 heavy (non-hydrogen) atoms. The lowest BCUT2D eigenvalue weighted by Crippen LogP contribution is -2.41. The van der Waals surface area contributed by atoms with E-state index in [9.17, 15) is 9.59 Å². The van der Waals surface area contributed by atoms with Gasteiger partial charge in [-0.25, -0.2) is 4.79 Å². The number of amides is 3. The quantitative estimate of drug-likeness (QED) is 0.597. The van der Waals surface area contributed by atoms with Crippen LogP contribution in [-0.2, 0) is 4.79 Å². The number of carbonyl (C=O) groups is 2. The van der Waals surface area contributed by atoms with Crippen molar-refractivity contribution in [2.75, 3.05) is 6.54 Å². The van der Waals surface area contributed by atoms with Crippen LogP contribution >= 0.6 is 0 Å². The number of likely N-dealkylation sites (N-methyl/N-ethyl adjacent to an activating group) is 1.